The number of nitrogens with one attached hydrogen (secondary N) is 2. The largest absolute Gasteiger partial charge is 0.494 e. The molecule has 4 N–H and O–H groups in total. The lowest BCUT2D eigenvalue weighted by Crippen LogP contribution is -2.06. The second-order valence-corrected chi connectivity index (χ2v) is 8.22. The summed E-state index contributed by atoms with van der Waals surface area (Å²) in [6.07, 6.45) is 8.22. The monoisotopic (exact) mass is 426 g/mol. The van der Waals surface area contributed by atoms with Crippen molar-refractivity contribution >= 4 is 51.4 Å². The molecule has 2 heterocycles. The van der Waals surface area contributed by atoms with Crippen molar-refractivity contribution in [1.82, 2.24) is 14.9 Å². The summed E-state index contributed by atoms with van der Waals surface area (Å²) in [5.74, 6) is 1.40. The number of aryl methyl sites for hydroxylation is 2. The molecule has 0 saturated heterocycles. The maximum atomic E-state index is 9.43. The number of anilines is 3. The number of fused-ring (bicyclic) bond motifs is 3. The standard InChI is InChI=1S/C18H19N5OS.C3H7NO/c1-24-14-7-12(20)10(8-19)6-13(14)23-17-16-11-4-2-3-5-15(11)25-18(16)22-9-21-17;1-4(2)3-5/h6-9,19H,2-5,20H2,1H3,(H,21,22,23);3H,1-2H3. The van der Waals surface area contributed by atoms with E-state index in [0.717, 1.165) is 41.0 Å². The number of aromatic nitrogens is 2. The number of hydrogen-bond donors (Lipinski definition) is 3. The quantitative estimate of drug-likeness (QED) is 0.326. The number of nitrogens with two attached hydrogens (primary N) is 1. The number of hydrogen-bond acceptors (Lipinski definition) is 8. The second-order valence-electron chi connectivity index (χ2n) is 7.13. The summed E-state index contributed by atoms with van der Waals surface area (Å²) in [5, 5.41) is 12.0. The first-order valence-electron chi connectivity index (χ1n) is 9.60. The summed E-state index contributed by atoms with van der Waals surface area (Å²) in [7, 11) is 4.98. The Morgan fingerprint density at radius 3 is 2.67 bits per heavy atom. The molecule has 0 bridgehead atoms. The van der Waals surface area contributed by atoms with Crippen LogP contribution in [0.1, 0.15) is 28.8 Å². The number of nitrogen functional groups attached to an aromatic ring is 1. The molecule has 0 aliphatic heterocycles. The topological polar surface area (TPSA) is 117 Å². The molecular formula is C21H26N6O2S. The number of ether oxygens (including phenoxy) is 1. The summed E-state index contributed by atoms with van der Waals surface area (Å²) in [5.41, 5.74) is 9.22. The van der Waals surface area contributed by atoms with E-state index in [2.05, 4.69) is 15.3 Å². The molecule has 1 aliphatic carbocycles. The molecule has 3 aromatic rings. The predicted octanol–water partition coefficient (Wildman–Crippen LogP) is 3.61. The number of thiophene rings is 1. The molecule has 1 aliphatic rings. The van der Waals surface area contributed by atoms with Gasteiger partial charge in [-0.25, -0.2) is 9.97 Å². The van der Waals surface area contributed by atoms with Crippen LogP contribution in [0.3, 0.4) is 0 Å². The van der Waals surface area contributed by atoms with Crippen LogP contribution in [-0.4, -0.2) is 48.7 Å². The van der Waals surface area contributed by atoms with Gasteiger partial charge in [0.1, 0.15) is 22.7 Å². The molecule has 0 unspecified atom stereocenters. The Kier molecular flexibility index (Phi) is 6.83. The third-order valence-electron chi connectivity index (χ3n) is 4.78. The van der Waals surface area contributed by atoms with Crippen LogP contribution in [0.25, 0.3) is 10.2 Å². The summed E-state index contributed by atoms with van der Waals surface area (Å²) in [6.45, 7) is 0. The first-order valence-corrected chi connectivity index (χ1v) is 10.4. The lowest BCUT2D eigenvalue weighted by atomic mass is 9.97. The number of amides is 1. The third-order valence-corrected chi connectivity index (χ3v) is 5.98. The highest BCUT2D eigenvalue weighted by atomic mass is 32.1. The molecule has 9 heteroatoms. The van der Waals surface area contributed by atoms with Crippen molar-refractivity contribution in [1.29, 1.82) is 5.41 Å². The van der Waals surface area contributed by atoms with Crippen molar-refractivity contribution in [3.63, 3.8) is 0 Å². The van der Waals surface area contributed by atoms with Gasteiger partial charge >= 0.3 is 0 Å². The van der Waals surface area contributed by atoms with Gasteiger partial charge < -0.3 is 26.1 Å². The fourth-order valence-corrected chi connectivity index (χ4v) is 4.55. The number of nitrogens with zero attached hydrogens (tertiary/aromatic N) is 3. The van der Waals surface area contributed by atoms with E-state index in [1.54, 1.807) is 44.9 Å². The highest BCUT2D eigenvalue weighted by Gasteiger charge is 2.20. The fourth-order valence-electron chi connectivity index (χ4n) is 3.32. The lowest BCUT2D eigenvalue weighted by Gasteiger charge is -2.15. The maximum absolute atomic E-state index is 9.43. The van der Waals surface area contributed by atoms with Crippen molar-refractivity contribution in [3.05, 3.63) is 34.5 Å². The lowest BCUT2D eigenvalue weighted by molar-refractivity contribution is -0.115. The highest BCUT2D eigenvalue weighted by molar-refractivity contribution is 7.19. The van der Waals surface area contributed by atoms with E-state index >= 15 is 0 Å². The van der Waals surface area contributed by atoms with Crippen LogP contribution in [0.5, 0.6) is 5.75 Å². The van der Waals surface area contributed by atoms with Gasteiger partial charge in [-0.05, 0) is 37.3 Å². The average Bonchev–Trinajstić information content (AvgIpc) is 3.14. The minimum Gasteiger partial charge on any atom is -0.494 e. The molecule has 0 atom stereocenters. The zero-order valence-electron chi connectivity index (χ0n) is 17.4. The van der Waals surface area contributed by atoms with Crippen LogP contribution in [0, 0.1) is 5.41 Å². The molecule has 8 nitrogen and oxygen atoms in total. The van der Waals surface area contributed by atoms with Crippen molar-refractivity contribution in [3.8, 4) is 5.75 Å². The van der Waals surface area contributed by atoms with Crippen LogP contribution in [-0.2, 0) is 17.6 Å². The van der Waals surface area contributed by atoms with Crippen LogP contribution in [0.4, 0.5) is 17.2 Å². The van der Waals surface area contributed by atoms with E-state index in [9.17, 15) is 4.79 Å². The predicted molar refractivity (Wildman–Crippen MR) is 122 cm³/mol. The van der Waals surface area contributed by atoms with Gasteiger partial charge in [-0.1, -0.05) is 0 Å². The van der Waals surface area contributed by atoms with Gasteiger partial charge in [0.15, 0.2) is 0 Å². The van der Waals surface area contributed by atoms with Gasteiger partial charge in [-0.15, -0.1) is 11.3 Å². The molecule has 0 spiro atoms. The third kappa shape index (κ3) is 4.51. The highest BCUT2D eigenvalue weighted by Crippen LogP contribution is 2.40. The summed E-state index contributed by atoms with van der Waals surface area (Å²) < 4.78 is 5.45. The van der Waals surface area contributed by atoms with E-state index in [0.29, 0.717) is 17.0 Å². The maximum Gasteiger partial charge on any atom is 0.209 e. The Balaban J connectivity index is 0.000000461. The first kappa shape index (κ1) is 21.5. The van der Waals surface area contributed by atoms with Crippen molar-refractivity contribution < 1.29 is 9.53 Å². The molecule has 0 radical (unpaired) electrons. The second kappa shape index (κ2) is 9.53. The number of carbonyl (C=O) groups excluding carboxylic acids is 1. The summed E-state index contributed by atoms with van der Waals surface area (Å²) in [6, 6.07) is 3.54. The Labute approximate surface area is 179 Å². The zero-order chi connectivity index (χ0) is 21.7. The van der Waals surface area contributed by atoms with Crippen LogP contribution in [0.2, 0.25) is 0 Å². The van der Waals surface area contributed by atoms with E-state index in [1.807, 2.05) is 6.07 Å². The van der Waals surface area contributed by atoms with Crippen LogP contribution < -0.4 is 15.8 Å². The fraction of sp³-hybridized carbons (Fsp3) is 0.333. The van der Waals surface area contributed by atoms with E-state index < -0.39 is 0 Å². The van der Waals surface area contributed by atoms with Crippen molar-refractivity contribution in [2.45, 2.75) is 25.7 Å². The van der Waals surface area contributed by atoms with Gasteiger partial charge in [-0.2, -0.15) is 0 Å². The number of carbonyl (C=O) groups is 1. The Bertz CT molecular complexity index is 1060. The average molecular weight is 427 g/mol. The van der Waals surface area contributed by atoms with Crippen LogP contribution >= 0.6 is 11.3 Å². The van der Waals surface area contributed by atoms with Crippen molar-refractivity contribution in [2.24, 2.45) is 0 Å². The Morgan fingerprint density at radius 2 is 2.00 bits per heavy atom. The smallest absolute Gasteiger partial charge is 0.209 e. The van der Waals surface area contributed by atoms with Gasteiger partial charge in [0.2, 0.25) is 6.41 Å². The summed E-state index contributed by atoms with van der Waals surface area (Å²) in [4.78, 5) is 22.3. The first-order chi connectivity index (χ1) is 14.5. The van der Waals surface area contributed by atoms with Gasteiger partial charge in [0.25, 0.3) is 0 Å². The Morgan fingerprint density at radius 1 is 1.27 bits per heavy atom. The molecule has 4 rings (SSSR count). The molecule has 2 aromatic heterocycles. The SMILES string of the molecule is CN(C)C=O.COc1cc(N)c(C=N)cc1Nc1ncnc2sc3c(c12)CCCC3. The zero-order valence-corrected chi connectivity index (χ0v) is 18.2. The van der Waals surface area contributed by atoms with Crippen LogP contribution in [0.15, 0.2) is 18.5 Å². The molecule has 1 aromatic carbocycles. The van der Waals surface area contributed by atoms with Gasteiger partial charge in [-0.3, -0.25) is 4.79 Å². The van der Waals surface area contributed by atoms with E-state index in [1.165, 1.54) is 34.4 Å². The van der Waals surface area contributed by atoms with E-state index in [4.69, 9.17) is 15.9 Å². The van der Waals surface area contributed by atoms with Crippen molar-refractivity contribution in [2.75, 3.05) is 32.3 Å². The number of rotatable bonds is 5. The molecule has 158 valence electrons. The van der Waals surface area contributed by atoms with E-state index in [-0.39, 0.29) is 0 Å². The molecular weight excluding hydrogens is 400 g/mol. The summed E-state index contributed by atoms with van der Waals surface area (Å²) >= 11 is 1.77. The molecule has 30 heavy (non-hydrogen) atoms. The van der Waals surface area contributed by atoms with Gasteiger partial charge in [0.05, 0.1) is 18.2 Å². The minimum atomic E-state index is 0.512. The minimum absolute atomic E-state index is 0.512. The molecule has 1 amide bonds. The number of benzene rings is 1. The van der Waals surface area contributed by atoms with Gasteiger partial charge in [0, 0.05) is 42.5 Å². The number of methoxy groups -OCH3 is 1. The molecule has 0 saturated carbocycles. The normalized spacial score (nSPS) is 12.4. The molecule has 0 fully saturated rings. The Hall–Kier alpha value is -3.20.